The largest absolute Gasteiger partial charge is 0.481 e. The average molecular weight is 244 g/mol. The Balaban J connectivity index is 4.27. The predicted octanol–water partition coefficient (Wildman–Crippen LogP) is 1.07. The van der Waals surface area contributed by atoms with Crippen LogP contribution in [-0.2, 0) is 9.59 Å². The standard InChI is InChI=1S/C11H20N2O4/c1-5-13(4)10(17)12-8(14)6-11(2,3)7-9(15)16/h5-7H2,1-4H3,(H,15,16)(H,12,14,17). The van der Waals surface area contributed by atoms with Crippen molar-refractivity contribution < 1.29 is 19.5 Å². The zero-order valence-electron chi connectivity index (χ0n) is 10.7. The molecule has 17 heavy (non-hydrogen) atoms. The van der Waals surface area contributed by atoms with Gasteiger partial charge in [0.1, 0.15) is 0 Å². The molecule has 0 bridgehead atoms. The van der Waals surface area contributed by atoms with Crippen LogP contribution in [0.3, 0.4) is 0 Å². The van der Waals surface area contributed by atoms with Gasteiger partial charge in [0.15, 0.2) is 0 Å². The van der Waals surface area contributed by atoms with Gasteiger partial charge in [0.25, 0.3) is 0 Å². The van der Waals surface area contributed by atoms with Crippen molar-refractivity contribution in [2.45, 2.75) is 33.6 Å². The number of rotatable bonds is 5. The van der Waals surface area contributed by atoms with Crippen molar-refractivity contribution in [1.82, 2.24) is 10.2 Å². The van der Waals surface area contributed by atoms with E-state index in [1.165, 1.54) is 4.90 Å². The van der Waals surface area contributed by atoms with Gasteiger partial charge in [0, 0.05) is 20.0 Å². The van der Waals surface area contributed by atoms with Crippen molar-refractivity contribution in [1.29, 1.82) is 0 Å². The van der Waals surface area contributed by atoms with Crippen LogP contribution in [0.15, 0.2) is 0 Å². The molecule has 0 fully saturated rings. The van der Waals surface area contributed by atoms with E-state index in [4.69, 9.17) is 5.11 Å². The monoisotopic (exact) mass is 244 g/mol. The van der Waals surface area contributed by atoms with E-state index in [1.54, 1.807) is 27.8 Å². The molecule has 98 valence electrons. The maximum Gasteiger partial charge on any atom is 0.323 e. The molecule has 0 aliphatic rings. The summed E-state index contributed by atoms with van der Waals surface area (Å²) in [5.74, 6) is -1.42. The molecule has 2 N–H and O–H groups in total. The normalized spacial score (nSPS) is 10.8. The Morgan fingerprint density at radius 3 is 2.18 bits per heavy atom. The summed E-state index contributed by atoms with van der Waals surface area (Å²) in [5.41, 5.74) is -0.666. The number of carbonyl (C=O) groups excluding carboxylic acids is 2. The lowest BCUT2D eigenvalue weighted by atomic mass is 9.85. The fourth-order valence-corrected chi connectivity index (χ4v) is 1.31. The first kappa shape index (κ1) is 15.4. The van der Waals surface area contributed by atoms with Gasteiger partial charge in [-0.15, -0.1) is 0 Å². The number of hydrogen-bond donors (Lipinski definition) is 2. The van der Waals surface area contributed by atoms with Crippen molar-refractivity contribution in [2.24, 2.45) is 5.41 Å². The topological polar surface area (TPSA) is 86.7 Å². The second kappa shape index (κ2) is 6.22. The Hall–Kier alpha value is -1.59. The molecule has 0 radical (unpaired) electrons. The van der Waals surface area contributed by atoms with Gasteiger partial charge in [-0.05, 0) is 12.3 Å². The van der Waals surface area contributed by atoms with E-state index in [0.717, 1.165) is 0 Å². The van der Waals surface area contributed by atoms with Gasteiger partial charge < -0.3 is 10.0 Å². The van der Waals surface area contributed by atoms with Gasteiger partial charge in [-0.3, -0.25) is 14.9 Å². The van der Waals surface area contributed by atoms with E-state index >= 15 is 0 Å². The quantitative estimate of drug-likeness (QED) is 0.757. The maximum absolute atomic E-state index is 11.5. The predicted molar refractivity (Wildman–Crippen MR) is 62.5 cm³/mol. The molecule has 6 heteroatoms. The van der Waals surface area contributed by atoms with Gasteiger partial charge in [0.2, 0.25) is 5.91 Å². The Kier molecular flexibility index (Phi) is 5.64. The zero-order valence-corrected chi connectivity index (χ0v) is 10.7. The average Bonchev–Trinajstić information content (AvgIpc) is 2.12. The minimum atomic E-state index is -0.959. The lowest BCUT2D eigenvalue weighted by Gasteiger charge is -2.22. The van der Waals surface area contributed by atoms with Gasteiger partial charge in [0.05, 0.1) is 6.42 Å². The summed E-state index contributed by atoms with van der Waals surface area (Å²) in [6, 6.07) is -0.469. The highest BCUT2D eigenvalue weighted by molar-refractivity contribution is 5.94. The molecule has 6 nitrogen and oxygen atoms in total. The number of hydrogen-bond acceptors (Lipinski definition) is 3. The summed E-state index contributed by atoms with van der Waals surface area (Å²) in [4.78, 5) is 34.8. The van der Waals surface area contributed by atoms with Crippen molar-refractivity contribution in [3.05, 3.63) is 0 Å². The lowest BCUT2D eigenvalue weighted by Crippen LogP contribution is -2.42. The van der Waals surface area contributed by atoms with Crippen LogP contribution in [-0.4, -0.2) is 41.5 Å². The minimum absolute atomic E-state index is 0.00257. The van der Waals surface area contributed by atoms with Crippen LogP contribution in [0, 0.1) is 5.41 Å². The van der Waals surface area contributed by atoms with Crippen LogP contribution in [0.4, 0.5) is 4.79 Å². The zero-order chi connectivity index (χ0) is 13.6. The third kappa shape index (κ3) is 6.55. The molecule has 0 heterocycles. The molecule has 0 saturated heterocycles. The summed E-state index contributed by atoms with van der Waals surface area (Å²) < 4.78 is 0. The molecule has 0 aromatic rings. The number of urea groups is 1. The Morgan fingerprint density at radius 1 is 1.24 bits per heavy atom. The number of nitrogens with zero attached hydrogens (tertiary/aromatic N) is 1. The molecule has 3 amide bonds. The summed E-state index contributed by atoms with van der Waals surface area (Å²) in [7, 11) is 1.57. The Labute approximate surface area is 101 Å². The van der Waals surface area contributed by atoms with Crippen molar-refractivity contribution >= 4 is 17.9 Å². The van der Waals surface area contributed by atoms with Gasteiger partial charge in [-0.25, -0.2) is 4.79 Å². The Bertz CT molecular complexity index is 313. The molecular weight excluding hydrogens is 224 g/mol. The van der Waals surface area contributed by atoms with E-state index < -0.39 is 23.3 Å². The first-order valence-corrected chi connectivity index (χ1v) is 5.44. The molecule has 0 aromatic carbocycles. The minimum Gasteiger partial charge on any atom is -0.481 e. The molecular formula is C11H20N2O4. The molecule has 0 aliphatic heterocycles. The second-order valence-corrected chi connectivity index (χ2v) is 4.78. The van der Waals surface area contributed by atoms with Crippen LogP contribution < -0.4 is 5.32 Å². The number of carboxylic acids is 1. The smallest absolute Gasteiger partial charge is 0.323 e. The highest BCUT2D eigenvalue weighted by Crippen LogP contribution is 2.24. The Morgan fingerprint density at radius 2 is 1.76 bits per heavy atom. The van der Waals surface area contributed by atoms with Crippen molar-refractivity contribution in [3.63, 3.8) is 0 Å². The molecule has 0 aromatic heterocycles. The first-order valence-electron chi connectivity index (χ1n) is 5.44. The van der Waals surface area contributed by atoms with Crippen LogP contribution in [0.5, 0.6) is 0 Å². The number of carboxylic acid groups (broad SMARTS) is 1. The molecule has 0 spiro atoms. The summed E-state index contributed by atoms with van der Waals surface area (Å²) in [6.07, 6.45) is -0.110. The highest BCUT2D eigenvalue weighted by Gasteiger charge is 2.26. The van der Waals surface area contributed by atoms with Gasteiger partial charge in [-0.1, -0.05) is 13.8 Å². The molecule has 0 rings (SSSR count). The molecule has 0 saturated carbocycles. The third-order valence-electron chi connectivity index (χ3n) is 2.34. The number of imide groups is 1. The molecule has 0 atom stereocenters. The van der Waals surface area contributed by atoms with E-state index in [0.29, 0.717) is 6.54 Å². The van der Waals surface area contributed by atoms with E-state index in [9.17, 15) is 14.4 Å². The summed E-state index contributed by atoms with van der Waals surface area (Å²) in [6.45, 7) is 5.64. The van der Waals surface area contributed by atoms with Gasteiger partial charge >= 0.3 is 12.0 Å². The number of amides is 3. The SMILES string of the molecule is CCN(C)C(=O)NC(=O)CC(C)(C)CC(=O)O. The van der Waals surface area contributed by atoms with Crippen LogP contribution in [0.1, 0.15) is 33.6 Å². The van der Waals surface area contributed by atoms with Crippen molar-refractivity contribution in [2.75, 3.05) is 13.6 Å². The van der Waals surface area contributed by atoms with E-state index in [-0.39, 0.29) is 12.8 Å². The third-order valence-corrected chi connectivity index (χ3v) is 2.34. The van der Waals surface area contributed by atoms with Gasteiger partial charge in [-0.2, -0.15) is 0 Å². The number of carbonyl (C=O) groups is 3. The molecule has 0 unspecified atom stereocenters. The number of aliphatic carboxylic acids is 1. The molecule has 0 aliphatic carbocycles. The van der Waals surface area contributed by atoms with Crippen LogP contribution in [0.25, 0.3) is 0 Å². The first-order chi connectivity index (χ1) is 7.68. The fourth-order valence-electron chi connectivity index (χ4n) is 1.31. The number of nitrogens with one attached hydrogen (secondary N) is 1. The van der Waals surface area contributed by atoms with Crippen molar-refractivity contribution in [3.8, 4) is 0 Å². The fraction of sp³-hybridized carbons (Fsp3) is 0.727. The van der Waals surface area contributed by atoms with E-state index in [2.05, 4.69) is 5.32 Å². The lowest BCUT2D eigenvalue weighted by molar-refractivity contribution is -0.139. The maximum atomic E-state index is 11.5. The van der Waals surface area contributed by atoms with E-state index in [1.807, 2.05) is 0 Å². The summed E-state index contributed by atoms with van der Waals surface area (Å²) >= 11 is 0. The van der Waals surface area contributed by atoms with Crippen LogP contribution >= 0.6 is 0 Å². The highest BCUT2D eigenvalue weighted by atomic mass is 16.4. The van der Waals surface area contributed by atoms with Crippen LogP contribution in [0.2, 0.25) is 0 Å². The second-order valence-electron chi connectivity index (χ2n) is 4.78. The summed E-state index contributed by atoms with van der Waals surface area (Å²) in [5, 5.41) is 10.9.